The van der Waals surface area contributed by atoms with E-state index in [1.54, 1.807) is 13.1 Å². The van der Waals surface area contributed by atoms with Crippen LogP contribution in [-0.2, 0) is 23.0 Å². The number of hydrogen-bond acceptors (Lipinski definition) is 5. The van der Waals surface area contributed by atoms with E-state index < -0.39 is 6.04 Å². The van der Waals surface area contributed by atoms with Gasteiger partial charge in [0.25, 0.3) is 0 Å². The molecule has 0 bridgehead atoms. The van der Waals surface area contributed by atoms with Crippen molar-refractivity contribution in [3.05, 3.63) is 58.6 Å². The van der Waals surface area contributed by atoms with Crippen LogP contribution in [0.5, 0.6) is 0 Å². The molecule has 1 fully saturated rings. The van der Waals surface area contributed by atoms with Gasteiger partial charge in [-0.25, -0.2) is 4.79 Å². The fraction of sp³-hybridized carbons (Fsp3) is 0.348. The molecule has 1 aliphatic rings. The number of rotatable bonds is 5. The van der Waals surface area contributed by atoms with Crippen molar-refractivity contribution in [1.82, 2.24) is 9.88 Å². The standard InChI is InChI=1S/C23H23N3O4/c1-26-20-13-18(6-7-21(20)30-23(26)28)16-4-2-15(3-5-16)12-19(14-24)25-22(27)17-8-10-29-11-9-17/h2-7,13,17,19H,8-12H2,1H3,(H,25,27). The zero-order valence-electron chi connectivity index (χ0n) is 16.8. The Morgan fingerprint density at radius 1 is 1.20 bits per heavy atom. The molecule has 3 aromatic rings. The minimum absolute atomic E-state index is 0.0690. The summed E-state index contributed by atoms with van der Waals surface area (Å²) in [4.78, 5) is 24.1. The number of carbonyl (C=O) groups excluding carboxylic acids is 1. The number of aryl methyl sites for hydroxylation is 1. The van der Waals surface area contributed by atoms with Crippen LogP contribution in [-0.4, -0.2) is 29.7 Å². The van der Waals surface area contributed by atoms with Gasteiger partial charge in [-0.1, -0.05) is 30.3 Å². The van der Waals surface area contributed by atoms with Gasteiger partial charge in [0.05, 0.1) is 11.6 Å². The van der Waals surface area contributed by atoms with Crippen molar-refractivity contribution in [3.8, 4) is 17.2 Å². The molecule has 2 aromatic carbocycles. The van der Waals surface area contributed by atoms with Crippen molar-refractivity contribution in [2.24, 2.45) is 13.0 Å². The first kappa shape index (κ1) is 19.9. The normalized spacial score (nSPS) is 15.6. The molecular weight excluding hydrogens is 382 g/mol. The number of fused-ring (bicyclic) bond motifs is 1. The minimum atomic E-state index is -0.567. The summed E-state index contributed by atoms with van der Waals surface area (Å²) in [5.74, 6) is -0.533. The average Bonchev–Trinajstić information content (AvgIpc) is 3.07. The second kappa shape index (κ2) is 8.56. The fourth-order valence-corrected chi connectivity index (χ4v) is 3.75. The van der Waals surface area contributed by atoms with Crippen LogP contribution in [0.3, 0.4) is 0 Å². The summed E-state index contributed by atoms with van der Waals surface area (Å²) in [5.41, 5.74) is 4.22. The molecule has 30 heavy (non-hydrogen) atoms. The quantitative estimate of drug-likeness (QED) is 0.704. The van der Waals surface area contributed by atoms with Crippen LogP contribution in [0, 0.1) is 17.2 Å². The first-order chi connectivity index (χ1) is 14.5. The maximum atomic E-state index is 12.4. The molecule has 1 amide bonds. The molecule has 154 valence electrons. The lowest BCUT2D eigenvalue weighted by Crippen LogP contribution is -2.41. The number of oxazole rings is 1. The Kier molecular flexibility index (Phi) is 5.68. The van der Waals surface area contributed by atoms with Gasteiger partial charge in [0, 0.05) is 32.6 Å². The van der Waals surface area contributed by atoms with Crippen molar-refractivity contribution in [2.75, 3.05) is 13.2 Å². The van der Waals surface area contributed by atoms with Gasteiger partial charge in [-0.15, -0.1) is 0 Å². The van der Waals surface area contributed by atoms with E-state index in [1.807, 2.05) is 36.4 Å². The van der Waals surface area contributed by atoms with E-state index in [4.69, 9.17) is 9.15 Å². The van der Waals surface area contributed by atoms with E-state index in [2.05, 4.69) is 11.4 Å². The first-order valence-electron chi connectivity index (χ1n) is 10.0. The van der Waals surface area contributed by atoms with Crippen LogP contribution < -0.4 is 11.1 Å². The Morgan fingerprint density at radius 2 is 1.90 bits per heavy atom. The predicted octanol–water partition coefficient (Wildman–Crippen LogP) is 2.78. The number of hydrogen-bond donors (Lipinski definition) is 1. The summed E-state index contributed by atoms with van der Waals surface area (Å²) >= 11 is 0. The summed E-state index contributed by atoms with van der Waals surface area (Å²) in [7, 11) is 1.68. The van der Waals surface area contributed by atoms with Crippen molar-refractivity contribution in [1.29, 1.82) is 5.26 Å². The smallest absolute Gasteiger partial charge is 0.408 e. The SMILES string of the molecule is Cn1c(=O)oc2ccc(-c3ccc(CC(C#N)NC(=O)C4CCOCC4)cc3)cc21. The summed E-state index contributed by atoms with van der Waals surface area (Å²) in [5, 5.41) is 12.3. The van der Waals surface area contributed by atoms with E-state index in [0.717, 1.165) is 22.2 Å². The number of carbonyl (C=O) groups is 1. The third-order valence-corrected chi connectivity index (χ3v) is 5.58. The van der Waals surface area contributed by atoms with Gasteiger partial charge >= 0.3 is 5.76 Å². The van der Waals surface area contributed by atoms with E-state index in [1.165, 1.54) is 4.57 Å². The molecule has 0 saturated carbocycles. The van der Waals surface area contributed by atoms with Crippen LogP contribution in [0.15, 0.2) is 51.7 Å². The van der Waals surface area contributed by atoms with Crippen LogP contribution in [0.4, 0.5) is 0 Å². The molecule has 7 heteroatoms. The maximum absolute atomic E-state index is 12.4. The summed E-state index contributed by atoms with van der Waals surface area (Å²) < 4.78 is 11.9. The molecule has 1 atom stereocenters. The van der Waals surface area contributed by atoms with Crippen LogP contribution >= 0.6 is 0 Å². The van der Waals surface area contributed by atoms with Crippen molar-refractivity contribution in [2.45, 2.75) is 25.3 Å². The monoisotopic (exact) mass is 405 g/mol. The lowest BCUT2D eigenvalue weighted by Gasteiger charge is -2.22. The topological polar surface area (TPSA) is 97.3 Å². The zero-order chi connectivity index (χ0) is 21.1. The maximum Gasteiger partial charge on any atom is 0.419 e. The minimum Gasteiger partial charge on any atom is -0.408 e. The van der Waals surface area contributed by atoms with Crippen LogP contribution in [0.1, 0.15) is 18.4 Å². The average molecular weight is 405 g/mol. The molecule has 0 spiro atoms. The Labute approximate surface area is 173 Å². The number of ether oxygens (including phenoxy) is 1. The van der Waals surface area contributed by atoms with Crippen LogP contribution in [0.25, 0.3) is 22.2 Å². The number of amides is 1. The van der Waals surface area contributed by atoms with Crippen molar-refractivity contribution >= 4 is 17.0 Å². The molecule has 4 rings (SSSR count). The van der Waals surface area contributed by atoms with Gasteiger partial charge in [-0.05, 0) is 41.7 Å². The lowest BCUT2D eigenvalue weighted by molar-refractivity contribution is -0.128. The Morgan fingerprint density at radius 3 is 2.60 bits per heavy atom. The molecule has 1 saturated heterocycles. The number of aromatic nitrogens is 1. The number of nitriles is 1. The molecule has 1 aromatic heterocycles. The summed E-state index contributed by atoms with van der Waals surface area (Å²) in [6.45, 7) is 1.19. The molecule has 1 unspecified atom stereocenters. The largest absolute Gasteiger partial charge is 0.419 e. The van der Waals surface area contributed by atoms with Gasteiger partial charge in [0.2, 0.25) is 5.91 Å². The van der Waals surface area contributed by atoms with Gasteiger partial charge in [-0.3, -0.25) is 9.36 Å². The van der Waals surface area contributed by atoms with E-state index in [0.29, 0.717) is 38.1 Å². The van der Waals surface area contributed by atoms with Gasteiger partial charge in [0.1, 0.15) is 6.04 Å². The van der Waals surface area contributed by atoms with E-state index in [9.17, 15) is 14.9 Å². The summed E-state index contributed by atoms with van der Waals surface area (Å²) in [6.07, 6.45) is 1.84. The molecule has 2 heterocycles. The van der Waals surface area contributed by atoms with E-state index in [-0.39, 0.29) is 17.6 Å². The molecule has 0 aliphatic carbocycles. The highest BCUT2D eigenvalue weighted by Gasteiger charge is 2.23. The Bertz CT molecular complexity index is 1150. The van der Waals surface area contributed by atoms with E-state index >= 15 is 0 Å². The van der Waals surface area contributed by atoms with Gasteiger partial charge < -0.3 is 14.5 Å². The molecule has 1 N–H and O–H groups in total. The Hall–Kier alpha value is -3.37. The fourth-order valence-electron chi connectivity index (χ4n) is 3.75. The summed E-state index contributed by atoms with van der Waals surface area (Å²) in [6, 6.07) is 15.1. The molecule has 0 radical (unpaired) electrons. The lowest BCUT2D eigenvalue weighted by atomic mass is 9.97. The Balaban J connectivity index is 1.45. The first-order valence-corrected chi connectivity index (χ1v) is 10.0. The molecular formula is C23H23N3O4. The van der Waals surface area contributed by atoms with Crippen LogP contribution in [0.2, 0.25) is 0 Å². The molecule has 7 nitrogen and oxygen atoms in total. The number of nitrogens with one attached hydrogen (secondary N) is 1. The number of nitrogens with zero attached hydrogens (tertiary/aromatic N) is 2. The highest BCUT2D eigenvalue weighted by Crippen LogP contribution is 2.24. The predicted molar refractivity (Wildman–Crippen MR) is 112 cm³/mol. The van der Waals surface area contributed by atoms with Gasteiger partial charge in [-0.2, -0.15) is 5.26 Å². The third-order valence-electron chi connectivity index (χ3n) is 5.58. The second-order valence-electron chi connectivity index (χ2n) is 7.59. The molecule has 1 aliphatic heterocycles. The highest BCUT2D eigenvalue weighted by atomic mass is 16.5. The third kappa shape index (κ3) is 4.14. The zero-order valence-corrected chi connectivity index (χ0v) is 16.8. The second-order valence-corrected chi connectivity index (χ2v) is 7.59. The van der Waals surface area contributed by atoms with Crippen molar-refractivity contribution < 1.29 is 13.9 Å². The number of benzene rings is 2. The van der Waals surface area contributed by atoms with Crippen molar-refractivity contribution in [3.63, 3.8) is 0 Å². The highest BCUT2D eigenvalue weighted by molar-refractivity contribution is 5.81. The van der Waals surface area contributed by atoms with Gasteiger partial charge in [0.15, 0.2) is 5.58 Å².